The van der Waals surface area contributed by atoms with Crippen molar-refractivity contribution in [2.75, 3.05) is 6.54 Å². The van der Waals surface area contributed by atoms with E-state index in [1.54, 1.807) is 5.56 Å². The first-order valence-corrected chi connectivity index (χ1v) is 8.28. The van der Waals surface area contributed by atoms with Gasteiger partial charge in [-0.05, 0) is 60.0 Å². The molecular weight excluding hydrogens is 254 g/mol. The van der Waals surface area contributed by atoms with Crippen molar-refractivity contribution in [1.82, 2.24) is 5.32 Å². The quantitative estimate of drug-likeness (QED) is 0.820. The molecule has 1 nitrogen and oxygen atoms in total. The van der Waals surface area contributed by atoms with Gasteiger partial charge in [0.05, 0.1) is 0 Å². The van der Waals surface area contributed by atoms with Crippen LogP contribution in [0, 0.1) is 0 Å². The van der Waals surface area contributed by atoms with Crippen LogP contribution in [-0.4, -0.2) is 6.54 Å². The summed E-state index contributed by atoms with van der Waals surface area (Å²) in [5, 5.41) is 3.68. The highest BCUT2D eigenvalue weighted by Gasteiger charge is 2.24. The zero-order chi connectivity index (χ0) is 14.7. The average molecular weight is 279 g/mol. The normalized spacial score (nSPS) is 17.0. The summed E-state index contributed by atoms with van der Waals surface area (Å²) in [5.41, 5.74) is 7.26. The number of hydrogen-bond acceptors (Lipinski definition) is 1. The van der Waals surface area contributed by atoms with Crippen LogP contribution in [0.25, 0.3) is 11.1 Å². The van der Waals surface area contributed by atoms with Gasteiger partial charge < -0.3 is 5.32 Å². The summed E-state index contributed by atoms with van der Waals surface area (Å²) in [6.07, 6.45) is 4.74. The summed E-state index contributed by atoms with van der Waals surface area (Å²) in [5.74, 6) is 0. The summed E-state index contributed by atoms with van der Waals surface area (Å²) in [7, 11) is 0. The zero-order valence-electron chi connectivity index (χ0n) is 13.2. The van der Waals surface area contributed by atoms with Crippen molar-refractivity contribution in [2.24, 2.45) is 0 Å². The van der Waals surface area contributed by atoms with Crippen molar-refractivity contribution in [1.29, 1.82) is 0 Å². The first-order valence-electron chi connectivity index (χ1n) is 8.28. The molecular formula is C20H25N. The van der Waals surface area contributed by atoms with Crippen molar-refractivity contribution in [3.8, 4) is 11.1 Å². The van der Waals surface area contributed by atoms with Gasteiger partial charge in [-0.3, -0.25) is 0 Å². The van der Waals surface area contributed by atoms with Gasteiger partial charge in [-0.25, -0.2) is 0 Å². The van der Waals surface area contributed by atoms with Crippen molar-refractivity contribution in [3.63, 3.8) is 0 Å². The second kappa shape index (κ2) is 6.44. The van der Waals surface area contributed by atoms with Crippen LogP contribution >= 0.6 is 0 Å². The molecule has 21 heavy (non-hydrogen) atoms. The Hall–Kier alpha value is -1.60. The van der Waals surface area contributed by atoms with Gasteiger partial charge >= 0.3 is 0 Å². The van der Waals surface area contributed by atoms with Gasteiger partial charge in [0.2, 0.25) is 0 Å². The van der Waals surface area contributed by atoms with Crippen LogP contribution < -0.4 is 5.32 Å². The van der Waals surface area contributed by atoms with Gasteiger partial charge in [-0.15, -0.1) is 0 Å². The van der Waals surface area contributed by atoms with Gasteiger partial charge in [-0.2, -0.15) is 0 Å². The molecule has 0 saturated carbocycles. The van der Waals surface area contributed by atoms with E-state index in [4.69, 9.17) is 0 Å². The third-order valence-corrected chi connectivity index (χ3v) is 4.58. The van der Waals surface area contributed by atoms with E-state index < -0.39 is 0 Å². The first-order chi connectivity index (χ1) is 10.3. The lowest BCUT2D eigenvalue weighted by molar-refractivity contribution is 0.529. The summed E-state index contributed by atoms with van der Waals surface area (Å²) < 4.78 is 0. The zero-order valence-corrected chi connectivity index (χ0v) is 13.2. The Morgan fingerprint density at radius 2 is 1.86 bits per heavy atom. The molecule has 0 aromatic heterocycles. The Morgan fingerprint density at radius 1 is 1.05 bits per heavy atom. The number of hydrogen-bond donors (Lipinski definition) is 1. The van der Waals surface area contributed by atoms with Crippen molar-refractivity contribution in [2.45, 2.75) is 45.6 Å². The SMILES string of the molecule is CCCNC1CCc2c(-c3ccc(CC)cc3)cccc21. The highest BCUT2D eigenvalue weighted by Crippen LogP contribution is 2.37. The summed E-state index contributed by atoms with van der Waals surface area (Å²) in [6, 6.07) is 16.4. The lowest BCUT2D eigenvalue weighted by Gasteiger charge is -2.14. The third kappa shape index (κ3) is 2.89. The maximum Gasteiger partial charge on any atom is 0.0326 e. The van der Waals surface area contributed by atoms with E-state index in [0.29, 0.717) is 6.04 Å². The highest BCUT2D eigenvalue weighted by molar-refractivity contribution is 5.70. The predicted molar refractivity (Wildman–Crippen MR) is 90.6 cm³/mol. The predicted octanol–water partition coefficient (Wildman–Crippen LogP) is 4.90. The Morgan fingerprint density at radius 3 is 2.57 bits per heavy atom. The largest absolute Gasteiger partial charge is 0.310 e. The fraction of sp³-hybridized carbons (Fsp3) is 0.400. The van der Waals surface area contributed by atoms with Crippen LogP contribution in [0.2, 0.25) is 0 Å². The minimum atomic E-state index is 0.551. The van der Waals surface area contributed by atoms with Crippen molar-refractivity contribution < 1.29 is 0 Å². The van der Waals surface area contributed by atoms with E-state index in [9.17, 15) is 0 Å². The standard InChI is InChI=1S/C20H25N/c1-3-14-21-20-13-12-18-17(6-5-7-19(18)20)16-10-8-15(4-2)9-11-16/h5-11,20-21H,3-4,12-14H2,1-2H3. The fourth-order valence-corrected chi connectivity index (χ4v) is 3.38. The molecule has 1 N–H and O–H groups in total. The van der Waals surface area contributed by atoms with Crippen molar-refractivity contribution in [3.05, 3.63) is 59.2 Å². The number of aryl methyl sites for hydroxylation is 1. The lowest BCUT2D eigenvalue weighted by Crippen LogP contribution is -2.19. The molecule has 3 rings (SSSR count). The second-order valence-electron chi connectivity index (χ2n) is 5.97. The molecule has 0 spiro atoms. The molecule has 110 valence electrons. The molecule has 0 amide bonds. The highest BCUT2D eigenvalue weighted by atomic mass is 14.9. The maximum absolute atomic E-state index is 3.68. The topological polar surface area (TPSA) is 12.0 Å². The van der Waals surface area contributed by atoms with Gasteiger partial charge in [0.25, 0.3) is 0 Å². The Balaban J connectivity index is 1.92. The van der Waals surface area contributed by atoms with E-state index >= 15 is 0 Å². The van der Waals surface area contributed by atoms with Gasteiger partial charge in [0.1, 0.15) is 0 Å². The average Bonchev–Trinajstić information content (AvgIpc) is 2.96. The molecule has 0 aliphatic heterocycles. The summed E-state index contributed by atoms with van der Waals surface area (Å²) in [6.45, 7) is 5.55. The van der Waals surface area contributed by atoms with Gasteiger partial charge in [0.15, 0.2) is 0 Å². The Bertz CT molecular complexity index is 598. The first kappa shape index (κ1) is 14.3. The van der Waals surface area contributed by atoms with Gasteiger partial charge in [-0.1, -0.05) is 56.3 Å². The molecule has 1 aliphatic carbocycles. The van der Waals surface area contributed by atoms with E-state index in [1.807, 2.05) is 0 Å². The number of fused-ring (bicyclic) bond motifs is 1. The molecule has 0 fully saturated rings. The fourth-order valence-electron chi connectivity index (χ4n) is 3.38. The lowest BCUT2D eigenvalue weighted by atomic mass is 9.95. The molecule has 0 heterocycles. The van der Waals surface area contributed by atoms with Crippen molar-refractivity contribution >= 4 is 0 Å². The molecule has 1 aliphatic rings. The van der Waals surface area contributed by atoms with Crippen LogP contribution in [-0.2, 0) is 12.8 Å². The maximum atomic E-state index is 3.68. The molecule has 2 aromatic rings. The van der Waals surface area contributed by atoms with Crippen LogP contribution in [0.4, 0.5) is 0 Å². The van der Waals surface area contributed by atoms with Crippen LogP contribution in [0.1, 0.15) is 49.4 Å². The second-order valence-corrected chi connectivity index (χ2v) is 5.97. The number of rotatable bonds is 5. The van der Waals surface area contributed by atoms with Crippen LogP contribution in [0.15, 0.2) is 42.5 Å². The minimum absolute atomic E-state index is 0.551. The molecule has 1 atom stereocenters. The molecule has 0 radical (unpaired) electrons. The van der Waals surface area contributed by atoms with E-state index in [2.05, 4.69) is 61.6 Å². The molecule has 0 saturated heterocycles. The van der Waals surface area contributed by atoms with E-state index in [0.717, 1.165) is 13.0 Å². The van der Waals surface area contributed by atoms with Crippen LogP contribution in [0.5, 0.6) is 0 Å². The minimum Gasteiger partial charge on any atom is -0.310 e. The van der Waals surface area contributed by atoms with Gasteiger partial charge in [0, 0.05) is 6.04 Å². The number of nitrogens with one attached hydrogen (secondary N) is 1. The Kier molecular flexibility index (Phi) is 4.40. The van der Waals surface area contributed by atoms with E-state index in [1.165, 1.54) is 41.5 Å². The smallest absolute Gasteiger partial charge is 0.0326 e. The third-order valence-electron chi connectivity index (χ3n) is 4.58. The monoisotopic (exact) mass is 279 g/mol. The van der Waals surface area contributed by atoms with Crippen LogP contribution in [0.3, 0.4) is 0 Å². The van der Waals surface area contributed by atoms with E-state index in [-0.39, 0.29) is 0 Å². The summed E-state index contributed by atoms with van der Waals surface area (Å²) >= 11 is 0. The molecule has 1 heteroatoms. The Labute approximate surface area is 128 Å². The molecule has 2 aromatic carbocycles. The molecule has 1 unspecified atom stereocenters. The summed E-state index contributed by atoms with van der Waals surface area (Å²) in [4.78, 5) is 0. The number of benzene rings is 2. The molecule has 0 bridgehead atoms.